The standard InChI is InChI=1S/C7H10F2O2/c1-2-6(10)3-4-11-5-7(8)9/h1,6-7,10H,3-5H2. The van der Waals surface area contributed by atoms with Crippen molar-refractivity contribution in [2.75, 3.05) is 13.2 Å². The first-order valence-electron chi connectivity index (χ1n) is 3.17. The fourth-order valence-corrected chi connectivity index (χ4v) is 0.451. The Balaban J connectivity index is 3.10. The van der Waals surface area contributed by atoms with Crippen LogP contribution in [0.1, 0.15) is 6.42 Å². The maximum absolute atomic E-state index is 11.4. The summed E-state index contributed by atoms with van der Waals surface area (Å²) < 4.78 is 27.3. The van der Waals surface area contributed by atoms with Crippen molar-refractivity contribution in [2.45, 2.75) is 19.0 Å². The van der Waals surface area contributed by atoms with Crippen molar-refractivity contribution < 1.29 is 18.6 Å². The van der Waals surface area contributed by atoms with E-state index in [-0.39, 0.29) is 13.0 Å². The molecule has 0 aliphatic carbocycles. The quantitative estimate of drug-likeness (QED) is 0.477. The molecule has 0 fully saturated rings. The van der Waals surface area contributed by atoms with Crippen LogP contribution in [0.4, 0.5) is 8.78 Å². The molecule has 0 rings (SSSR count). The molecule has 1 N–H and O–H groups in total. The summed E-state index contributed by atoms with van der Waals surface area (Å²) in [6.07, 6.45) is 1.65. The van der Waals surface area contributed by atoms with Gasteiger partial charge in [-0.3, -0.25) is 0 Å². The smallest absolute Gasteiger partial charge is 0.261 e. The molecule has 0 aromatic heterocycles. The number of rotatable bonds is 5. The SMILES string of the molecule is C#CC(O)CCOCC(F)F. The highest BCUT2D eigenvalue weighted by Crippen LogP contribution is 1.95. The number of hydrogen-bond acceptors (Lipinski definition) is 2. The Kier molecular flexibility index (Phi) is 5.71. The molecule has 0 heterocycles. The van der Waals surface area contributed by atoms with Gasteiger partial charge in [-0.15, -0.1) is 6.42 Å². The topological polar surface area (TPSA) is 29.5 Å². The van der Waals surface area contributed by atoms with Crippen LogP contribution in [-0.2, 0) is 4.74 Å². The molecule has 4 heteroatoms. The Labute approximate surface area is 64.2 Å². The Morgan fingerprint density at radius 2 is 2.18 bits per heavy atom. The molecule has 0 aliphatic heterocycles. The highest BCUT2D eigenvalue weighted by molar-refractivity contribution is 4.92. The summed E-state index contributed by atoms with van der Waals surface area (Å²) in [5, 5.41) is 8.72. The molecule has 2 nitrogen and oxygen atoms in total. The second-order valence-corrected chi connectivity index (χ2v) is 1.94. The van der Waals surface area contributed by atoms with Crippen molar-refractivity contribution in [1.82, 2.24) is 0 Å². The number of hydrogen-bond donors (Lipinski definition) is 1. The summed E-state index contributed by atoms with van der Waals surface area (Å²) in [6, 6.07) is 0. The van der Waals surface area contributed by atoms with E-state index in [1.807, 2.05) is 5.92 Å². The molecule has 0 aromatic carbocycles. The molecule has 0 spiro atoms. The van der Waals surface area contributed by atoms with E-state index < -0.39 is 19.1 Å². The lowest BCUT2D eigenvalue weighted by molar-refractivity contribution is 0.00952. The Morgan fingerprint density at radius 1 is 1.55 bits per heavy atom. The number of terminal acetylenes is 1. The third kappa shape index (κ3) is 7.23. The minimum absolute atomic E-state index is 0.0652. The van der Waals surface area contributed by atoms with Crippen molar-refractivity contribution in [3.05, 3.63) is 0 Å². The highest BCUT2D eigenvalue weighted by Gasteiger charge is 2.02. The number of aliphatic hydroxyl groups is 1. The molecule has 0 amide bonds. The van der Waals surface area contributed by atoms with Gasteiger partial charge >= 0.3 is 0 Å². The van der Waals surface area contributed by atoms with Crippen molar-refractivity contribution in [2.24, 2.45) is 0 Å². The first-order valence-corrected chi connectivity index (χ1v) is 3.17. The van der Waals surface area contributed by atoms with Gasteiger partial charge in [0.1, 0.15) is 12.7 Å². The van der Waals surface area contributed by atoms with Gasteiger partial charge in [0.2, 0.25) is 0 Å². The average Bonchev–Trinajstić information content (AvgIpc) is 1.97. The van der Waals surface area contributed by atoms with Crippen LogP contribution >= 0.6 is 0 Å². The van der Waals surface area contributed by atoms with E-state index in [0.717, 1.165) is 0 Å². The fraction of sp³-hybridized carbons (Fsp3) is 0.714. The van der Waals surface area contributed by atoms with Crippen LogP contribution in [0, 0.1) is 12.3 Å². The molecular weight excluding hydrogens is 154 g/mol. The van der Waals surface area contributed by atoms with Gasteiger partial charge in [-0.2, -0.15) is 0 Å². The van der Waals surface area contributed by atoms with Crippen LogP contribution in [-0.4, -0.2) is 30.8 Å². The highest BCUT2D eigenvalue weighted by atomic mass is 19.3. The van der Waals surface area contributed by atoms with Gasteiger partial charge in [-0.1, -0.05) is 5.92 Å². The molecule has 0 saturated heterocycles. The van der Waals surface area contributed by atoms with E-state index in [4.69, 9.17) is 11.5 Å². The molecule has 1 atom stereocenters. The molecule has 64 valence electrons. The predicted molar refractivity (Wildman–Crippen MR) is 36.3 cm³/mol. The summed E-state index contributed by atoms with van der Waals surface area (Å²) in [7, 11) is 0. The van der Waals surface area contributed by atoms with Crippen molar-refractivity contribution in [3.8, 4) is 12.3 Å². The summed E-state index contributed by atoms with van der Waals surface area (Å²) in [5.74, 6) is 2.04. The van der Waals surface area contributed by atoms with Gasteiger partial charge in [0.05, 0.1) is 6.61 Å². The molecule has 0 bridgehead atoms. The lowest BCUT2D eigenvalue weighted by atomic mass is 10.3. The largest absolute Gasteiger partial charge is 0.380 e. The zero-order chi connectivity index (χ0) is 8.69. The van der Waals surface area contributed by atoms with E-state index in [1.165, 1.54) is 0 Å². The third-order valence-electron chi connectivity index (χ3n) is 0.972. The van der Waals surface area contributed by atoms with Crippen LogP contribution < -0.4 is 0 Å². The number of ether oxygens (including phenoxy) is 1. The summed E-state index contributed by atoms with van der Waals surface area (Å²) in [4.78, 5) is 0. The van der Waals surface area contributed by atoms with Gasteiger partial charge < -0.3 is 9.84 Å². The summed E-state index contributed by atoms with van der Waals surface area (Å²) in [6.45, 7) is -0.535. The van der Waals surface area contributed by atoms with Gasteiger partial charge in [-0.25, -0.2) is 8.78 Å². The monoisotopic (exact) mass is 164 g/mol. The minimum Gasteiger partial charge on any atom is -0.380 e. The summed E-state index contributed by atoms with van der Waals surface area (Å²) >= 11 is 0. The first-order chi connectivity index (χ1) is 5.16. The Morgan fingerprint density at radius 3 is 2.64 bits per heavy atom. The maximum atomic E-state index is 11.4. The van der Waals surface area contributed by atoms with E-state index in [1.54, 1.807) is 0 Å². The van der Waals surface area contributed by atoms with Crippen LogP contribution in [0.5, 0.6) is 0 Å². The number of aliphatic hydroxyl groups excluding tert-OH is 1. The predicted octanol–water partition coefficient (Wildman–Crippen LogP) is 0.652. The second-order valence-electron chi connectivity index (χ2n) is 1.94. The van der Waals surface area contributed by atoms with E-state index in [2.05, 4.69) is 4.74 Å². The summed E-state index contributed by atoms with van der Waals surface area (Å²) in [5.41, 5.74) is 0. The Bertz CT molecular complexity index is 131. The number of halogens is 2. The second kappa shape index (κ2) is 6.08. The molecule has 0 aromatic rings. The lowest BCUT2D eigenvalue weighted by Gasteiger charge is -2.03. The lowest BCUT2D eigenvalue weighted by Crippen LogP contribution is -2.11. The number of alkyl halides is 2. The fourth-order valence-electron chi connectivity index (χ4n) is 0.451. The zero-order valence-electron chi connectivity index (χ0n) is 5.96. The van der Waals surface area contributed by atoms with Crippen LogP contribution in [0.3, 0.4) is 0 Å². The molecule has 0 saturated carbocycles. The molecular formula is C7H10F2O2. The normalized spacial score (nSPS) is 13.0. The minimum atomic E-state index is -2.46. The van der Waals surface area contributed by atoms with Crippen molar-refractivity contribution in [1.29, 1.82) is 0 Å². The molecule has 0 radical (unpaired) electrons. The van der Waals surface area contributed by atoms with E-state index in [9.17, 15) is 8.78 Å². The first kappa shape index (κ1) is 10.3. The van der Waals surface area contributed by atoms with Crippen LogP contribution in [0.15, 0.2) is 0 Å². The van der Waals surface area contributed by atoms with Crippen molar-refractivity contribution >= 4 is 0 Å². The van der Waals surface area contributed by atoms with Gasteiger partial charge in [0.25, 0.3) is 6.43 Å². The van der Waals surface area contributed by atoms with Gasteiger partial charge in [0, 0.05) is 6.42 Å². The van der Waals surface area contributed by atoms with E-state index in [0.29, 0.717) is 0 Å². The molecule has 11 heavy (non-hydrogen) atoms. The van der Waals surface area contributed by atoms with Gasteiger partial charge in [-0.05, 0) is 0 Å². The average molecular weight is 164 g/mol. The van der Waals surface area contributed by atoms with Gasteiger partial charge in [0.15, 0.2) is 0 Å². The van der Waals surface area contributed by atoms with Crippen molar-refractivity contribution in [3.63, 3.8) is 0 Å². The zero-order valence-corrected chi connectivity index (χ0v) is 5.96. The van der Waals surface area contributed by atoms with Crippen LogP contribution in [0.25, 0.3) is 0 Å². The third-order valence-corrected chi connectivity index (χ3v) is 0.972. The van der Waals surface area contributed by atoms with Crippen LogP contribution in [0.2, 0.25) is 0 Å². The Hall–Kier alpha value is -0.660. The van der Waals surface area contributed by atoms with E-state index >= 15 is 0 Å². The molecule has 0 aliphatic rings. The maximum Gasteiger partial charge on any atom is 0.261 e. The molecule has 1 unspecified atom stereocenters.